The molecule has 0 radical (unpaired) electrons. The largest absolute Gasteiger partial charge is 0.573 e. The zero-order valence-electron chi connectivity index (χ0n) is 14.3. The number of halogens is 5. The second kappa shape index (κ2) is 8.10. The molecule has 4 nitrogen and oxygen atoms in total. The van der Waals surface area contributed by atoms with Crippen LogP contribution in [0.2, 0.25) is 10.0 Å². The molecule has 1 aliphatic carbocycles. The van der Waals surface area contributed by atoms with Gasteiger partial charge < -0.3 is 4.74 Å². The minimum absolute atomic E-state index is 0.0719. The van der Waals surface area contributed by atoms with Gasteiger partial charge in [-0.1, -0.05) is 35.7 Å². The van der Waals surface area contributed by atoms with E-state index in [0.29, 0.717) is 16.5 Å². The zero-order chi connectivity index (χ0) is 20.5. The standard InChI is InChI=1S/C18H16Cl2F3NO3S/c19-15-9-4-11(10-16(15)20)14-2-1-3-17(14)24-28(25,26)13-7-5-12(6-8-13)27-18(21,22)23/h4-10,14,17,24H,1-3H2/t14-,17+/m0/s1. The second-order valence-corrected chi connectivity index (χ2v) is 8.99. The fraction of sp³-hybridized carbons (Fsp3) is 0.333. The Hall–Kier alpha value is -1.48. The predicted octanol–water partition coefficient (Wildman–Crippen LogP) is 5.51. The molecule has 0 heterocycles. The number of sulfonamides is 1. The minimum Gasteiger partial charge on any atom is -0.406 e. The first kappa shape index (κ1) is 21.2. The maximum Gasteiger partial charge on any atom is 0.573 e. The first-order chi connectivity index (χ1) is 13.0. The predicted molar refractivity (Wildman–Crippen MR) is 100 cm³/mol. The van der Waals surface area contributed by atoms with Gasteiger partial charge >= 0.3 is 6.36 Å². The molecule has 0 amide bonds. The summed E-state index contributed by atoms with van der Waals surface area (Å²) in [5.74, 6) is -0.557. The van der Waals surface area contributed by atoms with Gasteiger partial charge in [-0.15, -0.1) is 13.2 Å². The van der Waals surface area contributed by atoms with Crippen molar-refractivity contribution in [2.24, 2.45) is 0 Å². The molecule has 1 fully saturated rings. The van der Waals surface area contributed by atoms with Gasteiger partial charge in [0.2, 0.25) is 10.0 Å². The highest BCUT2D eigenvalue weighted by atomic mass is 35.5. The normalized spacial score (nSPS) is 20.3. The van der Waals surface area contributed by atoms with Crippen LogP contribution in [0.1, 0.15) is 30.7 Å². The van der Waals surface area contributed by atoms with Crippen LogP contribution in [0.5, 0.6) is 5.75 Å². The first-order valence-electron chi connectivity index (χ1n) is 8.38. The van der Waals surface area contributed by atoms with E-state index in [2.05, 4.69) is 9.46 Å². The van der Waals surface area contributed by atoms with Gasteiger partial charge in [-0.25, -0.2) is 13.1 Å². The Balaban J connectivity index is 1.76. The van der Waals surface area contributed by atoms with Crippen LogP contribution in [-0.4, -0.2) is 20.8 Å². The lowest BCUT2D eigenvalue weighted by molar-refractivity contribution is -0.274. The molecular weight excluding hydrogens is 438 g/mol. The highest BCUT2D eigenvalue weighted by Gasteiger charge is 2.33. The molecule has 2 aromatic carbocycles. The molecule has 152 valence electrons. The van der Waals surface area contributed by atoms with E-state index in [9.17, 15) is 21.6 Å². The second-order valence-electron chi connectivity index (χ2n) is 6.46. The smallest absolute Gasteiger partial charge is 0.406 e. The van der Waals surface area contributed by atoms with Crippen LogP contribution < -0.4 is 9.46 Å². The molecule has 1 saturated carbocycles. The van der Waals surface area contributed by atoms with Gasteiger partial charge in [0.1, 0.15) is 5.75 Å². The van der Waals surface area contributed by atoms with Crippen molar-refractivity contribution in [3.63, 3.8) is 0 Å². The van der Waals surface area contributed by atoms with E-state index in [1.54, 1.807) is 12.1 Å². The highest BCUT2D eigenvalue weighted by Crippen LogP contribution is 2.37. The summed E-state index contributed by atoms with van der Waals surface area (Å²) in [6, 6.07) is 8.94. The summed E-state index contributed by atoms with van der Waals surface area (Å²) >= 11 is 12.0. The van der Waals surface area contributed by atoms with Crippen LogP contribution in [-0.2, 0) is 10.0 Å². The van der Waals surface area contributed by atoms with E-state index < -0.39 is 22.1 Å². The summed E-state index contributed by atoms with van der Waals surface area (Å²) in [6.45, 7) is 0. The van der Waals surface area contributed by atoms with Gasteiger partial charge in [-0.05, 0) is 54.8 Å². The molecule has 1 N–H and O–H groups in total. The molecule has 0 aliphatic heterocycles. The number of benzene rings is 2. The Labute approximate surface area is 170 Å². The van der Waals surface area contributed by atoms with Crippen LogP contribution in [0.15, 0.2) is 47.4 Å². The fourth-order valence-electron chi connectivity index (χ4n) is 3.33. The summed E-state index contributed by atoms with van der Waals surface area (Å²) < 4.78 is 68.4. The van der Waals surface area contributed by atoms with Gasteiger partial charge in [0.15, 0.2) is 0 Å². The Kier molecular flexibility index (Phi) is 6.14. The van der Waals surface area contributed by atoms with Gasteiger partial charge in [0, 0.05) is 12.0 Å². The molecule has 1 aliphatic rings. The fourth-order valence-corrected chi connectivity index (χ4v) is 4.95. The Morgan fingerprint density at radius 3 is 2.29 bits per heavy atom. The molecule has 0 saturated heterocycles. The number of ether oxygens (including phenoxy) is 1. The molecule has 2 aromatic rings. The van der Waals surface area contributed by atoms with Gasteiger partial charge in [0.05, 0.1) is 14.9 Å². The summed E-state index contributed by atoms with van der Waals surface area (Å²) in [7, 11) is -3.91. The van der Waals surface area contributed by atoms with Crippen molar-refractivity contribution in [1.82, 2.24) is 4.72 Å². The lowest BCUT2D eigenvalue weighted by atomic mass is 9.95. The molecule has 3 rings (SSSR count). The first-order valence-corrected chi connectivity index (χ1v) is 10.6. The van der Waals surface area contributed by atoms with Gasteiger partial charge in [0.25, 0.3) is 0 Å². The van der Waals surface area contributed by atoms with Crippen molar-refractivity contribution < 1.29 is 26.3 Å². The van der Waals surface area contributed by atoms with Gasteiger partial charge in [-0.2, -0.15) is 0 Å². The van der Waals surface area contributed by atoms with Crippen LogP contribution >= 0.6 is 23.2 Å². The maximum absolute atomic E-state index is 12.7. The van der Waals surface area contributed by atoms with E-state index in [1.165, 1.54) is 0 Å². The van der Waals surface area contributed by atoms with Crippen molar-refractivity contribution in [3.05, 3.63) is 58.1 Å². The van der Waals surface area contributed by atoms with Crippen molar-refractivity contribution in [3.8, 4) is 5.75 Å². The number of alkyl halides is 3. The third kappa shape index (κ3) is 5.11. The number of hydrogen-bond acceptors (Lipinski definition) is 3. The summed E-state index contributed by atoms with van der Waals surface area (Å²) in [4.78, 5) is -0.137. The molecule has 0 aromatic heterocycles. The quantitative estimate of drug-likeness (QED) is 0.649. The summed E-state index contributed by atoms with van der Waals surface area (Å²) in [5, 5.41) is 0.814. The average Bonchev–Trinajstić information content (AvgIpc) is 3.04. The van der Waals surface area contributed by atoms with Crippen LogP contribution in [0.3, 0.4) is 0 Å². The number of rotatable bonds is 5. The highest BCUT2D eigenvalue weighted by molar-refractivity contribution is 7.89. The van der Waals surface area contributed by atoms with Crippen molar-refractivity contribution in [2.75, 3.05) is 0 Å². The molecule has 28 heavy (non-hydrogen) atoms. The van der Waals surface area contributed by atoms with E-state index in [0.717, 1.165) is 42.7 Å². The Bertz CT molecular complexity index is 950. The zero-order valence-corrected chi connectivity index (χ0v) is 16.7. The monoisotopic (exact) mass is 453 g/mol. The van der Waals surface area contributed by atoms with Crippen LogP contribution in [0, 0.1) is 0 Å². The molecular formula is C18H16Cl2F3NO3S. The Morgan fingerprint density at radius 1 is 1.00 bits per heavy atom. The average molecular weight is 454 g/mol. The molecule has 10 heteroatoms. The van der Waals surface area contributed by atoms with Crippen molar-refractivity contribution in [1.29, 1.82) is 0 Å². The maximum atomic E-state index is 12.7. The summed E-state index contributed by atoms with van der Waals surface area (Å²) in [6.07, 6.45) is -2.59. The number of nitrogens with one attached hydrogen (secondary N) is 1. The third-order valence-electron chi connectivity index (χ3n) is 4.56. The third-order valence-corrected chi connectivity index (χ3v) is 6.81. The lowest BCUT2D eigenvalue weighted by Gasteiger charge is -2.22. The van der Waals surface area contributed by atoms with E-state index in [-0.39, 0.29) is 16.9 Å². The molecule has 0 spiro atoms. The van der Waals surface area contributed by atoms with E-state index in [1.807, 2.05) is 6.07 Å². The van der Waals surface area contributed by atoms with Gasteiger partial charge in [-0.3, -0.25) is 0 Å². The number of hydrogen-bond donors (Lipinski definition) is 1. The van der Waals surface area contributed by atoms with Crippen LogP contribution in [0.4, 0.5) is 13.2 Å². The van der Waals surface area contributed by atoms with E-state index in [4.69, 9.17) is 23.2 Å². The lowest BCUT2D eigenvalue weighted by Crippen LogP contribution is -2.36. The van der Waals surface area contributed by atoms with Crippen LogP contribution in [0.25, 0.3) is 0 Å². The Morgan fingerprint density at radius 2 is 1.68 bits per heavy atom. The molecule has 0 unspecified atom stereocenters. The van der Waals surface area contributed by atoms with E-state index >= 15 is 0 Å². The SMILES string of the molecule is O=S(=O)(N[C@@H]1CCC[C@H]1c1ccc(Cl)c(Cl)c1)c1ccc(OC(F)(F)F)cc1. The topological polar surface area (TPSA) is 55.4 Å². The molecule has 2 atom stereocenters. The minimum atomic E-state index is -4.84. The summed E-state index contributed by atoms with van der Waals surface area (Å²) in [5.41, 5.74) is 0.883. The molecule has 0 bridgehead atoms. The van der Waals surface area contributed by atoms with Crippen molar-refractivity contribution in [2.45, 2.75) is 42.5 Å². The van der Waals surface area contributed by atoms with Crippen molar-refractivity contribution >= 4 is 33.2 Å².